The predicted octanol–water partition coefficient (Wildman–Crippen LogP) is 5.66. The van der Waals surface area contributed by atoms with Crippen molar-refractivity contribution in [1.29, 1.82) is 0 Å². The standard InChI is InChI=1S/C18H34O2/c1-5-6-7-8-9-10-11-12-13-17(4)14-15-20-18(19)16(2)3/h17H,2,5-15H2,1,3-4H3. The first-order chi connectivity index (χ1) is 9.57. The van der Waals surface area contributed by atoms with Crippen molar-refractivity contribution >= 4 is 5.97 Å². The van der Waals surface area contributed by atoms with Crippen LogP contribution in [0.1, 0.15) is 85.0 Å². The minimum atomic E-state index is -0.260. The summed E-state index contributed by atoms with van der Waals surface area (Å²) in [7, 11) is 0. The van der Waals surface area contributed by atoms with Crippen LogP contribution in [0.2, 0.25) is 0 Å². The lowest BCUT2D eigenvalue weighted by Gasteiger charge is -2.11. The van der Waals surface area contributed by atoms with Gasteiger partial charge in [-0.1, -0.05) is 78.2 Å². The summed E-state index contributed by atoms with van der Waals surface area (Å²) in [5.41, 5.74) is 0.487. The highest BCUT2D eigenvalue weighted by Crippen LogP contribution is 2.15. The maximum Gasteiger partial charge on any atom is 0.333 e. The van der Waals surface area contributed by atoms with E-state index in [1.165, 1.54) is 57.8 Å². The first kappa shape index (κ1) is 19.2. The Morgan fingerprint density at radius 3 is 2.10 bits per heavy atom. The van der Waals surface area contributed by atoms with Gasteiger partial charge in [0.05, 0.1) is 6.61 Å². The fraction of sp³-hybridized carbons (Fsp3) is 0.833. The van der Waals surface area contributed by atoms with Gasteiger partial charge in [-0.15, -0.1) is 0 Å². The van der Waals surface area contributed by atoms with Crippen molar-refractivity contribution in [3.05, 3.63) is 12.2 Å². The predicted molar refractivity (Wildman–Crippen MR) is 86.8 cm³/mol. The molecule has 0 aromatic heterocycles. The normalized spacial score (nSPS) is 12.2. The summed E-state index contributed by atoms with van der Waals surface area (Å²) in [6.45, 7) is 10.3. The third kappa shape index (κ3) is 12.3. The van der Waals surface area contributed by atoms with Crippen LogP contribution >= 0.6 is 0 Å². The highest BCUT2D eigenvalue weighted by atomic mass is 16.5. The number of unbranched alkanes of at least 4 members (excludes halogenated alkanes) is 7. The maximum atomic E-state index is 11.2. The largest absolute Gasteiger partial charge is 0.462 e. The van der Waals surface area contributed by atoms with E-state index in [4.69, 9.17) is 4.74 Å². The molecule has 20 heavy (non-hydrogen) atoms. The molecule has 2 nitrogen and oxygen atoms in total. The molecular formula is C18H34O2. The molecule has 0 aromatic rings. The molecule has 0 radical (unpaired) electrons. The molecule has 0 bridgehead atoms. The molecule has 1 unspecified atom stereocenters. The molecule has 0 rings (SSSR count). The second-order valence-electron chi connectivity index (χ2n) is 6.07. The molecular weight excluding hydrogens is 248 g/mol. The van der Waals surface area contributed by atoms with Gasteiger partial charge in [0.15, 0.2) is 0 Å². The van der Waals surface area contributed by atoms with Crippen LogP contribution in [0.4, 0.5) is 0 Å². The van der Waals surface area contributed by atoms with E-state index >= 15 is 0 Å². The molecule has 118 valence electrons. The molecule has 0 fully saturated rings. The molecule has 0 aliphatic heterocycles. The Kier molecular flexibility index (Phi) is 12.7. The summed E-state index contributed by atoms with van der Waals surface area (Å²) >= 11 is 0. The quantitative estimate of drug-likeness (QED) is 0.247. The molecule has 0 saturated carbocycles. The van der Waals surface area contributed by atoms with Crippen LogP contribution in [-0.2, 0) is 9.53 Å². The van der Waals surface area contributed by atoms with Crippen molar-refractivity contribution < 1.29 is 9.53 Å². The smallest absolute Gasteiger partial charge is 0.333 e. The van der Waals surface area contributed by atoms with E-state index in [2.05, 4.69) is 20.4 Å². The van der Waals surface area contributed by atoms with Gasteiger partial charge in [-0.3, -0.25) is 0 Å². The van der Waals surface area contributed by atoms with Crippen LogP contribution in [0.3, 0.4) is 0 Å². The molecule has 2 heteroatoms. The summed E-state index contributed by atoms with van der Waals surface area (Å²) < 4.78 is 5.12. The number of hydrogen-bond acceptors (Lipinski definition) is 2. The fourth-order valence-corrected chi connectivity index (χ4v) is 2.25. The van der Waals surface area contributed by atoms with Crippen LogP contribution in [0, 0.1) is 5.92 Å². The maximum absolute atomic E-state index is 11.2. The van der Waals surface area contributed by atoms with E-state index in [0.29, 0.717) is 18.1 Å². The molecule has 0 aliphatic carbocycles. The Balaban J connectivity index is 3.30. The second kappa shape index (κ2) is 13.2. The van der Waals surface area contributed by atoms with Crippen molar-refractivity contribution in [2.45, 2.75) is 85.0 Å². The van der Waals surface area contributed by atoms with Crippen LogP contribution in [0.25, 0.3) is 0 Å². The monoisotopic (exact) mass is 282 g/mol. The Labute approximate surface area is 126 Å². The average Bonchev–Trinajstić information content (AvgIpc) is 2.41. The average molecular weight is 282 g/mol. The zero-order chi connectivity index (χ0) is 15.2. The van der Waals surface area contributed by atoms with Gasteiger partial charge in [-0.25, -0.2) is 4.79 Å². The van der Waals surface area contributed by atoms with Gasteiger partial charge in [0.25, 0.3) is 0 Å². The van der Waals surface area contributed by atoms with Gasteiger partial charge < -0.3 is 4.74 Å². The van der Waals surface area contributed by atoms with Crippen molar-refractivity contribution in [3.8, 4) is 0 Å². The molecule has 0 N–H and O–H groups in total. The number of carbonyl (C=O) groups is 1. The van der Waals surface area contributed by atoms with Gasteiger partial charge >= 0.3 is 5.97 Å². The Hall–Kier alpha value is -0.790. The second-order valence-corrected chi connectivity index (χ2v) is 6.07. The van der Waals surface area contributed by atoms with Crippen LogP contribution < -0.4 is 0 Å². The Bertz CT molecular complexity index is 258. The third-order valence-electron chi connectivity index (χ3n) is 3.74. The molecule has 1 atom stereocenters. The number of rotatable bonds is 13. The SMILES string of the molecule is C=C(C)C(=O)OCCC(C)CCCCCCCCCC. The minimum Gasteiger partial charge on any atom is -0.462 e. The van der Waals surface area contributed by atoms with Crippen LogP contribution in [0.15, 0.2) is 12.2 Å². The van der Waals surface area contributed by atoms with Gasteiger partial charge in [0, 0.05) is 5.57 Å². The Morgan fingerprint density at radius 2 is 1.55 bits per heavy atom. The summed E-state index contributed by atoms with van der Waals surface area (Å²) in [5.74, 6) is 0.386. The van der Waals surface area contributed by atoms with Crippen molar-refractivity contribution in [2.75, 3.05) is 6.61 Å². The molecule has 0 saturated heterocycles. The first-order valence-corrected chi connectivity index (χ1v) is 8.40. The number of esters is 1. The topological polar surface area (TPSA) is 26.3 Å². The Morgan fingerprint density at radius 1 is 1.00 bits per heavy atom. The lowest BCUT2D eigenvalue weighted by atomic mass is 9.99. The van der Waals surface area contributed by atoms with E-state index < -0.39 is 0 Å². The van der Waals surface area contributed by atoms with E-state index in [9.17, 15) is 4.79 Å². The number of ether oxygens (including phenoxy) is 1. The zero-order valence-corrected chi connectivity index (χ0v) is 13.9. The van der Waals surface area contributed by atoms with Crippen molar-refractivity contribution in [1.82, 2.24) is 0 Å². The third-order valence-corrected chi connectivity index (χ3v) is 3.74. The fourth-order valence-electron chi connectivity index (χ4n) is 2.25. The van der Waals surface area contributed by atoms with Gasteiger partial charge in [0.2, 0.25) is 0 Å². The van der Waals surface area contributed by atoms with E-state index in [-0.39, 0.29) is 5.97 Å². The summed E-state index contributed by atoms with van der Waals surface area (Å²) in [4.78, 5) is 11.2. The first-order valence-electron chi connectivity index (χ1n) is 8.40. The molecule has 0 spiro atoms. The van der Waals surface area contributed by atoms with Crippen LogP contribution in [0.5, 0.6) is 0 Å². The van der Waals surface area contributed by atoms with Gasteiger partial charge in [-0.05, 0) is 19.3 Å². The molecule has 0 aromatic carbocycles. The molecule has 0 heterocycles. The van der Waals surface area contributed by atoms with Crippen molar-refractivity contribution in [3.63, 3.8) is 0 Å². The minimum absolute atomic E-state index is 0.260. The van der Waals surface area contributed by atoms with Crippen LogP contribution in [-0.4, -0.2) is 12.6 Å². The zero-order valence-electron chi connectivity index (χ0n) is 13.9. The van der Waals surface area contributed by atoms with E-state index in [0.717, 1.165) is 6.42 Å². The summed E-state index contributed by atoms with van der Waals surface area (Å²) in [5, 5.41) is 0. The van der Waals surface area contributed by atoms with Crippen molar-refractivity contribution in [2.24, 2.45) is 5.92 Å². The highest BCUT2D eigenvalue weighted by Gasteiger charge is 2.06. The number of carbonyl (C=O) groups excluding carboxylic acids is 1. The van der Waals surface area contributed by atoms with Gasteiger partial charge in [-0.2, -0.15) is 0 Å². The van der Waals surface area contributed by atoms with E-state index in [1.54, 1.807) is 6.92 Å². The summed E-state index contributed by atoms with van der Waals surface area (Å²) in [6, 6.07) is 0. The highest BCUT2D eigenvalue weighted by molar-refractivity contribution is 5.86. The summed E-state index contributed by atoms with van der Waals surface area (Å²) in [6.07, 6.45) is 13.2. The van der Waals surface area contributed by atoms with Gasteiger partial charge in [0.1, 0.15) is 0 Å². The molecule has 0 aliphatic rings. The number of hydrogen-bond donors (Lipinski definition) is 0. The lowest BCUT2D eigenvalue weighted by Crippen LogP contribution is -2.09. The lowest BCUT2D eigenvalue weighted by molar-refractivity contribution is -0.139. The van der Waals surface area contributed by atoms with E-state index in [1.807, 2.05) is 0 Å². The molecule has 0 amide bonds.